The first-order valence-corrected chi connectivity index (χ1v) is 11.1. The van der Waals surface area contributed by atoms with E-state index in [9.17, 15) is 10.2 Å². The van der Waals surface area contributed by atoms with Gasteiger partial charge in [-0.15, -0.1) is 10.2 Å². The van der Waals surface area contributed by atoms with E-state index in [2.05, 4.69) is 17.1 Å². The van der Waals surface area contributed by atoms with Gasteiger partial charge in [0.1, 0.15) is 22.9 Å². The summed E-state index contributed by atoms with van der Waals surface area (Å²) in [5.41, 5.74) is 4.17. The molecular weight excluding hydrogens is 398 g/mol. The van der Waals surface area contributed by atoms with Gasteiger partial charge in [0.15, 0.2) is 5.82 Å². The number of benzene rings is 3. The molecule has 0 aliphatic heterocycles. The predicted octanol–water partition coefficient (Wildman–Crippen LogP) is 6.41. The van der Waals surface area contributed by atoms with E-state index >= 15 is 0 Å². The van der Waals surface area contributed by atoms with E-state index in [4.69, 9.17) is 4.98 Å². The standard InChI is InChI=1S/C27H27N3O2/c1-2-3-4-7-16-21-17-22(24(32)18-23(21)31)26-25(19-12-8-5-9-13-19)29-30-27(28-26)20-14-10-6-11-15-20/h5-6,8-15,17-18,31-32H,2-4,7,16H2,1H3. The summed E-state index contributed by atoms with van der Waals surface area (Å²) in [5.74, 6) is 0.558. The third kappa shape index (κ3) is 4.78. The first-order valence-electron chi connectivity index (χ1n) is 11.1. The molecule has 0 saturated carbocycles. The van der Waals surface area contributed by atoms with E-state index in [0.29, 0.717) is 22.8 Å². The van der Waals surface area contributed by atoms with Crippen molar-refractivity contribution >= 4 is 0 Å². The summed E-state index contributed by atoms with van der Waals surface area (Å²) in [6.45, 7) is 2.17. The predicted molar refractivity (Wildman–Crippen MR) is 127 cm³/mol. The quantitative estimate of drug-likeness (QED) is 0.319. The molecule has 1 heterocycles. The van der Waals surface area contributed by atoms with Gasteiger partial charge in [-0.1, -0.05) is 86.8 Å². The minimum atomic E-state index is -0.0310. The Morgan fingerprint density at radius 3 is 2.06 bits per heavy atom. The van der Waals surface area contributed by atoms with Crippen LogP contribution in [0.4, 0.5) is 0 Å². The van der Waals surface area contributed by atoms with Gasteiger partial charge in [-0.3, -0.25) is 0 Å². The average molecular weight is 426 g/mol. The molecule has 0 saturated heterocycles. The molecule has 4 rings (SSSR count). The lowest BCUT2D eigenvalue weighted by Gasteiger charge is -2.13. The number of aromatic nitrogens is 3. The Balaban J connectivity index is 1.83. The zero-order valence-electron chi connectivity index (χ0n) is 18.2. The molecule has 0 atom stereocenters. The van der Waals surface area contributed by atoms with E-state index in [1.54, 1.807) is 0 Å². The summed E-state index contributed by atoms with van der Waals surface area (Å²) >= 11 is 0. The fraction of sp³-hybridized carbons (Fsp3) is 0.222. The summed E-state index contributed by atoms with van der Waals surface area (Å²) in [6.07, 6.45) is 5.15. The molecule has 4 aromatic rings. The van der Waals surface area contributed by atoms with Gasteiger partial charge in [-0.2, -0.15) is 0 Å². The number of phenols is 2. The number of phenolic OH excluding ortho intramolecular Hbond substituents is 2. The van der Waals surface area contributed by atoms with Crippen LogP contribution in [0.1, 0.15) is 38.2 Å². The molecule has 5 heteroatoms. The van der Waals surface area contributed by atoms with Crippen molar-refractivity contribution in [3.05, 3.63) is 78.4 Å². The van der Waals surface area contributed by atoms with Gasteiger partial charge in [0.2, 0.25) is 0 Å². The highest BCUT2D eigenvalue weighted by molar-refractivity contribution is 5.82. The van der Waals surface area contributed by atoms with Crippen molar-refractivity contribution in [3.8, 4) is 45.4 Å². The normalized spacial score (nSPS) is 10.9. The Morgan fingerprint density at radius 2 is 1.38 bits per heavy atom. The van der Waals surface area contributed by atoms with E-state index in [0.717, 1.165) is 42.4 Å². The van der Waals surface area contributed by atoms with Gasteiger partial charge in [0.05, 0.1) is 0 Å². The van der Waals surface area contributed by atoms with Crippen LogP contribution in [0.5, 0.6) is 11.5 Å². The molecule has 5 nitrogen and oxygen atoms in total. The summed E-state index contributed by atoms with van der Waals surface area (Å²) in [7, 11) is 0. The van der Waals surface area contributed by atoms with E-state index in [-0.39, 0.29) is 11.5 Å². The molecule has 0 bridgehead atoms. The van der Waals surface area contributed by atoms with Crippen molar-refractivity contribution in [1.82, 2.24) is 15.2 Å². The number of rotatable bonds is 8. The van der Waals surface area contributed by atoms with E-state index in [1.807, 2.05) is 66.7 Å². The summed E-state index contributed by atoms with van der Waals surface area (Å²) in [4.78, 5) is 4.82. The third-order valence-corrected chi connectivity index (χ3v) is 5.52. The van der Waals surface area contributed by atoms with Crippen LogP contribution in [0.25, 0.3) is 33.9 Å². The molecule has 162 valence electrons. The van der Waals surface area contributed by atoms with Crippen LogP contribution >= 0.6 is 0 Å². The minimum Gasteiger partial charge on any atom is -0.508 e. The fourth-order valence-electron chi connectivity index (χ4n) is 3.77. The molecule has 0 amide bonds. The number of nitrogens with zero attached hydrogens (tertiary/aromatic N) is 3. The van der Waals surface area contributed by atoms with Crippen molar-refractivity contribution < 1.29 is 10.2 Å². The monoisotopic (exact) mass is 425 g/mol. The van der Waals surface area contributed by atoms with Gasteiger partial charge < -0.3 is 10.2 Å². The van der Waals surface area contributed by atoms with Gasteiger partial charge in [-0.25, -0.2) is 4.98 Å². The lowest BCUT2D eigenvalue weighted by molar-refractivity contribution is 0.446. The van der Waals surface area contributed by atoms with Crippen molar-refractivity contribution in [2.24, 2.45) is 0 Å². The van der Waals surface area contributed by atoms with E-state index < -0.39 is 0 Å². The SMILES string of the molecule is CCCCCCc1cc(-c2nc(-c3ccccc3)nnc2-c2ccccc2)c(O)cc1O. The van der Waals surface area contributed by atoms with Crippen LogP contribution < -0.4 is 0 Å². The van der Waals surface area contributed by atoms with Crippen molar-refractivity contribution in [1.29, 1.82) is 0 Å². The number of hydrogen-bond donors (Lipinski definition) is 2. The largest absolute Gasteiger partial charge is 0.508 e. The van der Waals surface area contributed by atoms with Crippen molar-refractivity contribution in [3.63, 3.8) is 0 Å². The van der Waals surface area contributed by atoms with Crippen LogP contribution in [-0.4, -0.2) is 25.4 Å². The Labute approximate surface area is 188 Å². The van der Waals surface area contributed by atoms with Gasteiger partial charge in [0.25, 0.3) is 0 Å². The number of unbranched alkanes of at least 4 members (excludes halogenated alkanes) is 3. The second-order valence-electron chi connectivity index (χ2n) is 7.87. The van der Waals surface area contributed by atoms with Gasteiger partial charge >= 0.3 is 0 Å². The molecule has 0 aliphatic carbocycles. The minimum absolute atomic E-state index is 0.0310. The Bertz CT molecular complexity index is 1180. The van der Waals surface area contributed by atoms with Crippen LogP contribution in [0.15, 0.2) is 72.8 Å². The average Bonchev–Trinajstić information content (AvgIpc) is 2.84. The maximum Gasteiger partial charge on any atom is 0.182 e. The number of aryl methyl sites for hydroxylation is 1. The molecule has 32 heavy (non-hydrogen) atoms. The van der Waals surface area contributed by atoms with Gasteiger partial charge in [-0.05, 0) is 24.5 Å². The molecule has 0 fully saturated rings. The lowest BCUT2D eigenvalue weighted by Crippen LogP contribution is -2.01. The highest BCUT2D eigenvalue weighted by Gasteiger charge is 2.19. The Hall–Kier alpha value is -3.73. The van der Waals surface area contributed by atoms with Crippen LogP contribution in [0, 0.1) is 0 Å². The second kappa shape index (κ2) is 10.1. The van der Waals surface area contributed by atoms with E-state index in [1.165, 1.54) is 12.5 Å². The summed E-state index contributed by atoms with van der Waals surface area (Å²) in [6, 6.07) is 22.6. The van der Waals surface area contributed by atoms with Crippen molar-refractivity contribution in [2.75, 3.05) is 0 Å². The zero-order chi connectivity index (χ0) is 22.3. The maximum atomic E-state index is 10.8. The highest BCUT2D eigenvalue weighted by Crippen LogP contribution is 2.39. The lowest BCUT2D eigenvalue weighted by atomic mass is 9.98. The van der Waals surface area contributed by atoms with Crippen LogP contribution in [-0.2, 0) is 6.42 Å². The highest BCUT2D eigenvalue weighted by atomic mass is 16.3. The van der Waals surface area contributed by atoms with Crippen molar-refractivity contribution in [2.45, 2.75) is 39.0 Å². The summed E-state index contributed by atoms with van der Waals surface area (Å²) in [5, 5.41) is 30.0. The topological polar surface area (TPSA) is 79.1 Å². The fourth-order valence-corrected chi connectivity index (χ4v) is 3.77. The summed E-state index contributed by atoms with van der Waals surface area (Å²) < 4.78 is 0. The number of aromatic hydroxyl groups is 2. The zero-order valence-corrected chi connectivity index (χ0v) is 18.2. The smallest absolute Gasteiger partial charge is 0.182 e. The Morgan fingerprint density at radius 1 is 0.688 bits per heavy atom. The maximum absolute atomic E-state index is 10.8. The molecule has 0 radical (unpaired) electrons. The molecule has 0 aliphatic rings. The third-order valence-electron chi connectivity index (χ3n) is 5.52. The van der Waals surface area contributed by atoms with Crippen LogP contribution in [0.3, 0.4) is 0 Å². The molecule has 3 aromatic carbocycles. The van der Waals surface area contributed by atoms with Crippen LogP contribution in [0.2, 0.25) is 0 Å². The first-order chi connectivity index (χ1) is 15.7. The number of hydrogen-bond acceptors (Lipinski definition) is 5. The first kappa shape index (κ1) is 21.5. The van der Waals surface area contributed by atoms with Gasteiger partial charge in [0, 0.05) is 22.8 Å². The molecule has 2 N–H and O–H groups in total. The molecule has 0 spiro atoms. The second-order valence-corrected chi connectivity index (χ2v) is 7.87. The molecule has 0 unspecified atom stereocenters. The molecule has 1 aromatic heterocycles. The molecular formula is C27H27N3O2. The Kier molecular flexibility index (Phi) is 6.75.